The van der Waals surface area contributed by atoms with Gasteiger partial charge in [-0.2, -0.15) is 4.37 Å². The van der Waals surface area contributed by atoms with E-state index in [0.29, 0.717) is 17.9 Å². The summed E-state index contributed by atoms with van der Waals surface area (Å²) in [4.78, 5) is 4.54. The minimum atomic E-state index is 0.519. The average molecular weight is 225 g/mol. The molecule has 0 spiro atoms. The second-order valence-electron chi connectivity index (χ2n) is 4.64. The van der Waals surface area contributed by atoms with Crippen LogP contribution in [0.2, 0.25) is 0 Å². The molecule has 1 aliphatic carbocycles. The Morgan fingerprint density at radius 3 is 2.73 bits per heavy atom. The van der Waals surface area contributed by atoms with E-state index in [0.717, 1.165) is 17.4 Å². The summed E-state index contributed by atoms with van der Waals surface area (Å²) >= 11 is 1.51. The topological polar surface area (TPSA) is 37.8 Å². The van der Waals surface area contributed by atoms with Crippen LogP contribution in [0.5, 0.6) is 0 Å². The van der Waals surface area contributed by atoms with Crippen LogP contribution < -0.4 is 5.32 Å². The number of hydrogen-bond acceptors (Lipinski definition) is 4. The van der Waals surface area contributed by atoms with E-state index in [-0.39, 0.29) is 0 Å². The maximum atomic E-state index is 4.54. The zero-order valence-corrected chi connectivity index (χ0v) is 10.5. The van der Waals surface area contributed by atoms with E-state index in [4.69, 9.17) is 0 Å². The molecule has 1 unspecified atom stereocenters. The molecular weight excluding hydrogens is 206 g/mol. The summed E-state index contributed by atoms with van der Waals surface area (Å²) in [5, 5.41) is 4.47. The van der Waals surface area contributed by atoms with Crippen LogP contribution in [-0.4, -0.2) is 15.4 Å². The van der Waals surface area contributed by atoms with Crippen molar-refractivity contribution in [2.45, 2.75) is 52.0 Å². The van der Waals surface area contributed by atoms with E-state index in [1.54, 1.807) is 0 Å². The second-order valence-corrected chi connectivity index (χ2v) is 5.39. The molecule has 1 aromatic rings. The lowest BCUT2D eigenvalue weighted by atomic mass is 10.0. The van der Waals surface area contributed by atoms with Crippen molar-refractivity contribution in [3.63, 3.8) is 0 Å². The monoisotopic (exact) mass is 225 g/mol. The summed E-state index contributed by atoms with van der Waals surface area (Å²) in [6.45, 7) is 6.69. The van der Waals surface area contributed by atoms with Crippen LogP contribution in [0.25, 0.3) is 0 Å². The van der Waals surface area contributed by atoms with Gasteiger partial charge in [-0.1, -0.05) is 20.8 Å². The molecule has 0 saturated heterocycles. The zero-order valence-electron chi connectivity index (χ0n) is 9.66. The number of hydrogen-bond donors (Lipinski definition) is 1. The minimum Gasteiger partial charge on any atom is -0.357 e. The molecule has 0 bridgehead atoms. The summed E-state index contributed by atoms with van der Waals surface area (Å²) in [6.07, 6.45) is 3.69. The Balaban J connectivity index is 1.96. The van der Waals surface area contributed by atoms with Crippen molar-refractivity contribution in [1.29, 1.82) is 0 Å². The van der Waals surface area contributed by atoms with Gasteiger partial charge in [-0.15, -0.1) is 0 Å². The summed E-state index contributed by atoms with van der Waals surface area (Å²) in [5.74, 6) is 2.36. The molecule has 15 heavy (non-hydrogen) atoms. The quantitative estimate of drug-likeness (QED) is 0.835. The van der Waals surface area contributed by atoms with Crippen molar-refractivity contribution in [3.05, 3.63) is 5.82 Å². The van der Waals surface area contributed by atoms with Gasteiger partial charge in [-0.25, -0.2) is 4.98 Å². The normalized spacial score (nSPS) is 18.1. The van der Waals surface area contributed by atoms with Gasteiger partial charge in [-0.05, 0) is 25.2 Å². The van der Waals surface area contributed by atoms with E-state index in [2.05, 4.69) is 35.4 Å². The first-order valence-electron chi connectivity index (χ1n) is 5.80. The first-order valence-corrected chi connectivity index (χ1v) is 6.58. The van der Waals surface area contributed by atoms with E-state index >= 15 is 0 Å². The van der Waals surface area contributed by atoms with Crippen LogP contribution in [-0.2, 0) is 0 Å². The van der Waals surface area contributed by atoms with Gasteiger partial charge >= 0.3 is 0 Å². The predicted molar refractivity (Wildman–Crippen MR) is 64.4 cm³/mol. The molecule has 4 heteroatoms. The first-order chi connectivity index (χ1) is 7.20. The number of nitrogens with one attached hydrogen (secondary N) is 1. The van der Waals surface area contributed by atoms with E-state index < -0.39 is 0 Å². The van der Waals surface area contributed by atoms with Crippen molar-refractivity contribution in [2.24, 2.45) is 5.92 Å². The molecule has 1 fully saturated rings. The van der Waals surface area contributed by atoms with Crippen molar-refractivity contribution in [2.75, 3.05) is 5.32 Å². The number of anilines is 1. The smallest absolute Gasteiger partial charge is 0.202 e. The molecule has 1 aliphatic rings. The third-order valence-electron chi connectivity index (χ3n) is 2.94. The Kier molecular flexibility index (Phi) is 3.24. The highest BCUT2D eigenvalue weighted by Gasteiger charge is 2.28. The lowest BCUT2D eigenvalue weighted by Gasteiger charge is -2.19. The Labute approximate surface area is 95.5 Å². The van der Waals surface area contributed by atoms with E-state index in [9.17, 15) is 0 Å². The Morgan fingerprint density at radius 2 is 2.20 bits per heavy atom. The number of aromatic nitrogens is 2. The van der Waals surface area contributed by atoms with Gasteiger partial charge in [0.15, 0.2) is 0 Å². The molecular formula is C11H19N3S. The van der Waals surface area contributed by atoms with Gasteiger partial charge in [0.25, 0.3) is 0 Å². The highest BCUT2D eigenvalue weighted by Crippen LogP contribution is 2.39. The zero-order chi connectivity index (χ0) is 10.8. The molecule has 84 valence electrons. The SMILES string of the molecule is CCC(Nc1nc(C2CC2)ns1)C(C)C. The maximum absolute atomic E-state index is 4.54. The summed E-state index contributed by atoms with van der Waals surface area (Å²) in [7, 11) is 0. The second kappa shape index (κ2) is 4.47. The first kappa shape index (κ1) is 10.9. The van der Waals surface area contributed by atoms with Gasteiger partial charge in [0.05, 0.1) is 0 Å². The highest BCUT2D eigenvalue weighted by atomic mass is 32.1. The van der Waals surface area contributed by atoms with Crippen molar-refractivity contribution in [3.8, 4) is 0 Å². The van der Waals surface area contributed by atoms with Crippen LogP contribution in [0.15, 0.2) is 0 Å². The molecule has 0 radical (unpaired) electrons. The van der Waals surface area contributed by atoms with Crippen molar-refractivity contribution in [1.82, 2.24) is 9.36 Å². The summed E-state index contributed by atoms with van der Waals surface area (Å²) in [5.41, 5.74) is 0. The molecule has 0 aliphatic heterocycles. The summed E-state index contributed by atoms with van der Waals surface area (Å²) < 4.78 is 4.39. The molecule has 1 saturated carbocycles. The predicted octanol–water partition coefficient (Wildman–Crippen LogP) is 3.26. The fraction of sp³-hybridized carbons (Fsp3) is 0.818. The van der Waals surface area contributed by atoms with Crippen LogP contribution in [0.4, 0.5) is 5.13 Å². The molecule has 1 aromatic heterocycles. The van der Waals surface area contributed by atoms with Crippen molar-refractivity contribution < 1.29 is 0 Å². The van der Waals surface area contributed by atoms with E-state index in [1.807, 2.05) is 0 Å². The lowest BCUT2D eigenvalue weighted by Crippen LogP contribution is -2.24. The van der Waals surface area contributed by atoms with Gasteiger partial charge in [0.1, 0.15) is 5.82 Å². The molecule has 0 aromatic carbocycles. The largest absolute Gasteiger partial charge is 0.357 e. The highest BCUT2D eigenvalue weighted by molar-refractivity contribution is 7.09. The van der Waals surface area contributed by atoms with Gasteiger partial charge in [-0.3, -0.25) is 0 Å². The molecule has 1 atom stereocenters. The average Bonchev–Trinajstić information content (AvgIpc) is 2.95. The van der Waals surface area contributed by atoms with Crippen molar-refractivity contribution >= 4 is 16.7 Å². The summed E-state index contributed by atoms with van der Waals surface area (Å²) in [6, 6.07) is 0.519. The number of nitrogens with zero attached hydrogens (tertiary/aromatic N) is 2. The third kappa shape index (κ3) is 2.68. The molecule has 2 rings (SSSR count). The van der Waals surface area contributed by atoms with Gasteiger partial charge in [0, 0.05) is 23.5 Å². The Bertz CT molecular complexity index is 317. The molecule has 1 heterocycles. The van der Waals surface area contributed by atoms with Crippen LogP contribution >= 0.6 is 11.5 Å². The van der Waals surface area contributed by atoms with Gasteiger partial charge < -0.3 is 5.32 Å². The lowest BCUT2D eigenvalue weighted by molar-refractivity contribution is 0.511. The van der Waals surface area contributed by atoms with Crippen LogP contribution in [0.3, 0.4) is 0 Å². The fourth-order valence-electron chi connectivity index (χ4n) is 1.70. The van der Waals surface area contributed by atoms with Crippen LogP contribution in [0, 0.1) is 5.92 Å². The molecule has 0 amide bonds. The maximum Gasteiger partial charge on any atom is 0.202 e. The third-order valence-corrected chi connectivity index (χ3v) is 3.60. The molecule has 1 N–H and O–H groups in total. The van der Waals surface area contributed by atoms with Gasteiger partial charge in [0.2, 0.25) is 5.13 Å². The molecule has 3 nitrogen and oxygen atoms in total. The Hall–Kier alpha value is -0.640. The minimum absolute atomic E-state index is 0.519. The fourth-order valence-corrected chi connectivity index (χ4v) is 2.41. The van der Waals surface area contributed by atoms with E-state index in [1.165, 1.54) is 24.4 Å². The Morgan fingerprint density at radius 1 is 1.47 bits per heavy atom. The van der Waals surface area contributed by atoms with Crippen LogP contribution in [0.1, 0.15) is 51.8 Å². The standard InChI is InChI=1S/C11H19N3S/c1-4-9(7(2)3)12-11-13-10(14-15-11)8-5-6-8/h7-9H,4-6H2,1-3H3,(H,12,13,14). The number of rotatable bonds is 5.